The molecule has 4 aromatic carbocycles. The number of amides is 1. The highest BCUT2D eigenvalue weighted by molar-refractivity contribution is 6.53. The molecule has 0 atom stereocenters. The van der Waals surface area contributed by atoms with Crippen LogP contribution in [0.15, 0.2) is 66.7 Å². The predicted molar refractivity (Wildman–Crippen MR) is 162 cm³/mol. The predicted octanol–water partition coefficient (Wildman–Crippen LogP) is 7.93. The van der Waals surface area contributed by atoms with Gasteiger partial charge in [0.05, 0.1) is 49.2 Å². The number of rotatable bonds is 4. The number of aliphatic hydroxyl groups is 1. The van der Waals surface area contributed by atoms with E-state index in [1.807, 2.05) is 24.3 Å². The highest BCUT2D eigenvalue weighted by Gasteiger charge is 2.41. The molecule has 1 amide bonds. The molecule has 0 unspecified atom stereocenters. The molecule has 0 radical (unpaired) electrons. The minimum Gasteiger partial charge on any atom is -0.392 e. The molecule has 6 nitrogen and oxygen atoms in total. The molecule has 1 N–H and O–H groups in total. The smallest absolute Gasteiger partial charge is 0.260 e. The van der Waals surface area contributed by atoms with Crippen LogP contribution in [0.25, 0.3) is 21.7 Å². The molecule has 5 aromatic rings. The van der Waals surface area contributed by atoms with Gasteiger partial charge in [-0.05, 0) is 35.0 Å². The van der Waals surface area contributed by atoms with Crippen molar-refractivity contribution in [3.8, 4) is 0 Å². The van der Waals surface area contributed by atoms with Gasteiger partial charge < -0.3 is 10.0 Å². The van der Waals surface area contributed by atoms with Gasteiger partial charge in [0.25, 0.3) is 5.91 Å². The number of nitrogens with zero attached hydrogens (tertiary/aromatic N) is 2. The molecule has 1 aliphatic carbocycles. The maximum Gasteiger partial charge on any atom is 0.260 e. The van der Waals surface area contributed by atoms with Crippen molar-refractivity contribution in [2.75, 3.05) is 11.9 Å². The van der Waals surface area contributed by atoms with Crippen molar-refractivity contribution in [3.05, 3.63) is 115 Å². The number of para-hydroxylation sites is 1. The van der Waals surface area contributed by atoms with Crippen molar-refractivity contribution in [1.29, 1.82) is 0 Å². The Hall–Kier alpha value is -3.52. The van der Waals surface area contributed by atoms with Gasteiger partial charge in [-0.25, -0.2) is 4.98 Å². The Labute approximate surface area is 254 Å². The van der Waals surface area contributed by atoms with Gasteiger partial charge in [0.2, 0.25) is 0 Å². The molecule has 0 fully saturated rings. The molecule has 0 bridgehead atoms. The van der Waals surface area contributed by atoms with Crippen LogP contribution >= 0.6 is 46.4 Å². The summed E-state index contributed by atoms with van der Waals surface area (Å²) in [5.41, 5.74) is 1.69. The number of fused-ring (bicyclic) bond motifs is 3. The number of carbonyl (C=O) groups excluding carboxylic acids is 3. The van der Waals surface area contributed by atoms with Crippen LogP contribution < -0.4 is 4.90 Å². The number of ketones is 2. The number of benzene rings is 4. The average Bonchev–Trinajstić information content (AvgIpc) is 3.23. The van der Waals surface area contributed by atoms with E-state index in [-0.39, 0.29) is 48.5 Å². The van der Waals surface area contributed by atoms with Gasteiger partial charge >= 0.3 is 0 Å². The second-order valence-corrected chi connectivity index (χ2v) is 11.1. The van der Waals surface area contributed by atoms with E-state index in [0.29, 0.717) is 27.7 Å². The van der Waals surface area contributed by atoms with Crippen molar-refractivity contribution in [3.63, 3.8) is 0 Å². The highest BCUT2D eigenvalue weighted by atomic mass is 35.5. The van der Waals surface area contributed by atoms with Gasteiger partial charge in [-0.15, -0.1) is 0 Å². The zero-order valence-corrected chi connectivity index (χ0v) is 24.2. The Kier molecular flexibility index (Phi) is 7.00. The third-order valence-electron chi connectivity index (χ3n) is 7.36. The van der Waals surface area contributed by atoms with Crippen molar-refractivity contribution < 1.29 is 19.5 Å². The largest absolute Gasteiger partial charge is 0.392 e. The van der Waals surface area contributed by atoms with Gasteiger partial charge in [0.1, 0.15) is 5.92 Å². The summed E-state index contributed by atoms with van der Waals surface area (Å²) in [7, 11) is 1.51. The number of aromatic nitrogens is 1. The number of hydrogen-bond donors (Lipinski definition) is 1. The summed E-state index contributed by atoms with van der Waals surface area (Å²) in [5, 5.41) is 12.0. The van der Waals surface area contributed by atoms with Crippen LogP contribution in [0.4, 0.5) is 5.69 Å². The second-order valence-electron chi connectivity index (χ2n) is 9.62. The van der Waals surface area contributed by atoms with Crippen LogP contribution in [0.5, 0.6) is 0 Å². The summed E-state index contributed by atoms with van der Waals surface area (Å²) in [6.45, 7) is -0.607. The minimum atomic E-state index is -1.11. The number of Topliss-reactive ketones (excluding diaryl/α,β-unsaturated/α-hetero) is 2. The monoisotopic (exact) mass is 622 g/mol. The first-order valence-electron chi connectivity index (χ1n) is 12.4. The first-order valence-corrected chi connectivity index (χ1v) is 13.9. The number of aliphatic hydroxyl groups excluding tert-OH is 1. The Bertz CT molecular complexity index is 1920. The first kappa shape index (κ1) is 27.6. The summed E-state index contributed by atoms with van der Waals surface area (Å²) in [4.78, 5) is 46.8. The zero-order chi connectivity index (χ0) is 29.2. The third-order valence-corrected chi connectivity index (χ3v) is 9.20. The van der Waals surface area contributed by atoms with Gasteiger partial charge in [-0.3, -0.25) is 14.4 Å². The van der Waals surface area contributed by atoms with Crippen molar-refractivity contribution >= 4 is 91.2 Å². The maximum absolute atomic E-state index is 13.7. The molecule has 1 heterocycles. The number of halogens is 4. The number of carbonyl (C=O) groups is 3. The molecular formula is C31H18Cl4N2O4. The Morgan fingerprint density at radius 1 is 0.805 bits per heavy atom. The second kappa shape index (κ2) is 10.4. The van der Waals surface area contributed by atoms with E-state index in [2.05, 4.69) is 0 Å². The van der Waals surface area contributed by atoms with Crippen molar-refractivity contribution in [1.82, 2.24) is 4.98 Å². The maximum atomic E-state index is 13.7. The summed E-state index contributed by atoms with van der Waals surface area (Å²) in [6, 6.07) is 19.6. The lowest BCUT2D eigenvalue weighted by Crippen LogP contribution is -2.28. The van der Waals surface area contributed by atoms with E-state index in [1.54, 1.807) is 42.5 Å². The van der Waals surface area contributed by atoms with Gasteiger partial charge in [-0.2, -0.15) is 0 Å². The fraction of sp³-hybridized carbons (Fsp3) is 0.0968. The van der Waals surface area contributed by atoms with Crippen LogP contribution in [0.3, 0.4) is 0 Å². The first-order chi connectivity index (χ1) is 19.6. The lowest BCUT2D eigenvalue weighted by Gasteiger charge is -2.22. The normalized spacial score (nSPS) is 13.3. The zero-order valence-electron chi connectivity index (χ0n) is 21.2. The van der Waals surface area contributed by atoms with Crippen molar-refractivity contribution in [2.24, 2.45) is 0 Å². The molecule has 0 spiro atoms. The van der Waals surface area contributed by atoms with E-state index in [4.69, 9.17) is 51.4 Å². The Morgan fingerprint density at radius 3 is 2.00 bits per heavy atom. The quantitative estimate of drug-likeness (QED) is 0.125. The standard InChI is InChI=1S/C31H18Cl4N2O4/c1-37(31(41)22-19(13-38)24(32)26(34)27(35)25(22)33)21-8-4-7-14-9-10-20(36-28(14)21)23-29(39)17-11-15-5-2-3-6-16(15)12-18(17)30(23)40/h2-12,23,38H,13H2,1H3. The summed E-state index contributed by atoms with van der Waals surface area (Å²) < 4.78 is 0. The third kappa shape index (κ3) is 4.30. The van der Waals surface area contributed by atoms with E-state index in [9.17, 15) is 19.5 Å². The topological polar surface area (TPSA) is 87.6 Å². The SMILES string of the molecule is CN(C(=O)c1c(Cl)c(Cl)c(Cl)c(Cl)c1CO)c1cccc2ccc(C3C(=O)c4cc5ccccc5cc4C3=O)nc12. The molecule has 1 aromatic heterocycles. The van der Waals surface area contributed by atoms with Crippen LogP contribution in [-0.4, -0.2) is 34.6 Å². The number of pyridine rings is 1. The molecule has 204 valence electrons. The van der Waals surface area contributed by atoms with Crippen LogP contribution in [0, 0.1) is 0 Å². The summed E-state index contributed by atoms with van der Waals surface area (Å²) >= 11 is 25.0. The van der Waals surface area contributed by atoms with E-state index >= 15 is 0 Å². The van der Waals surface area contributed by atoms with Gasteiger partial charge in [0.15, 0.2) is 11.6 Å². The van der Waals surface area contributed by atoms with E-state index < -0.39 is 18.4 Å². The molecule has 0 saturated carbocycles. The van der Waals surface area contributed by atoms with Gasteiger partial charge in [-0.1, -0.05) is 88.9 Å². The van der Waals surface area contributed by atoms with Crippen LogP contribution in [-0.2, 0) is 6.61 Å². The summed E-state index contributed by atoms with van der Waals surface area (Å²) in [6.07, 6.45) is 0. The molecule has 6 rings (SSSR count). The van der Waals surface area contributed by atoms with Gasteiger partial charge in [0, 0.05) is 29.1 Å². The van der Waals surface area contributed by atoms with Crippen LogP contribution in [0.2, 0.25) is 20.1 Å². The molecule has 1 aliphatic rings. The Morgan fingerprint density at radius 2 is 1.39 bits per heavy atom. The number of anilines is 1. The lowest BCUT2D eigenvalue weighted by atomic mass is 9.98. The van der Waals surface area contributed by atoms with Crippen LogP contribution in [0.1, 0.15) is 48.2 Å². The molecule has 0 saturated heterocycles. The van der Waals surface area contributed by atoms with E-state index in [0.717, 1.165) is 10.8 Å². The fourth-order valence-electron chi connectivity index (χ4n) is 5.25. The van der Waals surface area contributed by atoms with E-state index in [1.165, 1.54) is 11.9 Å². The van der Waals surface area contributed by atoms with Crippen molar-refractivity contribution in [2.45, 2.75) is 12.5 Å². The minimum absolute atomic E-state index is 0.0316. The molecule has 10 heteroatoms. The average molecular weight is 624 g/mol. The molecular weight excluding hydrogens is 606 g/mol. The number of hydrogen-bond acceptors (Lipinski definition) is 5. The summed E-state index contributed by atoms with van der Waals surface area (Å²) in [5.74, 6) is -2.38. The molecule has 0 aliphatic heterocycles. The Balaban J connectivity index is 1.44. The fourth-order valence-corrected chi connectivity index (χ4v) is 6.28. The highest BCUT2D eigenvalue weighted by Crippen LogP contribution is 2.43. The molecule has 41 heavy (non-hydrogen) atoms. The lowest BCUT2D eigenvalue weighted by molar-refractivity contribution is 0.0887.